The van der Waals surface area contributed by atoms with Crippen molar-refractivity contribution in [3.63, 3.8) is 0 Å². The molecule has 32 heavy (non-hydrogen) atoms. The van der Waals surface area contributed by atoms with Gasteiger partial charge in [0.05, 0.1) is 5.69 Å². The average Bonchev–Trinajstić information content (AvgIpc) is 3.17. The van der Waals surface area contributed by atoms with E-state index in [0.29, 0.717) is 41.5 Å². The number of likely N-dealkylation sites (N-methyl/N-ethyl adjacent to an activating group) is 1. The Morgan fingerprint density at radius 1 is 1.12 bits per heavy atom. The first-order valence-corrected chi connectivity index (χ1v) is 10.8. The van der Waals surface area contributed by atoms with E-state index in [9.17, 15) is 19.5 Å². The molecule has 1 saturated heterocycles. The Labute approximate surface area is 189 Å². The van der Waals surface area contributed by atoms with Gasteiger partial charge in [-0.1, -0.05) is 23.7 Å². The summed E-state index contributed by atoms with van der Waals surface area (Å²) >= 11 is 6.13. The first-order chi connectivity index (χ1) is 15.3. The number of carboxylic acid groups (broad SMARTS) is 1. The summed E-state index contributed by atoms with van der Waals surface area (Å²) in [7, 11) is 1.76. The number of halogens is 1. The summed E-state index contributed by atoms with van der Waals surface area (Å²) in [5.41, 5.74) is 2.74. The SMILES string of the molecule is CN1CCc2ccc(N3CCC4C(C(=O)O)=NN(c5cccc(Cl)c5)C4C3=O)cc2C1=O. The van der Waals surface area contributed by atoms with E-state index in [1.807, 2.05) is 12.1 Å². The Morgan fingerprint density at radius 3 is 2.69 bits per heavy atom. The van der Waals surface area contributed by atoms with Crippen LogP contribution in [-0.4, -0.2) is 59.7 Å². The Hall–Kier alpha value is -3.39. The van der Waals surface area contributed by atoms with Gasteiger partial charge in [0.25, 0.3) is 11.8 Å². The van der Waals surface area contributed by atoms with Crippen molar-refractivity contribution in [1.82, 2.24) is 4.90 Å². The molecule has 1 fully saturated rings. The highest BCUT2D eigenvalue weighted by molar-refractivity contribution is 6.38. The van der Waals surface area contributed by atoms with Crippen molar-refractivity contribution >= 4 is 46.5 Å². The Balaban J connectivity index is 1.51. The van der Waals surface area contributed by atoms with Crippen molar-refractivity contribution in [3.8, 4) is 0 Å². The second-order valence-electron chi connectivity index (χ2n) is 8.26. The third kappa shape index (κ3) is 3.22. The molecule has 2 atom stereocenters. The number of benzene rings is 2. The number of aliphatic carboxylic acids is 1. The number of amides is 2. The lowest BCUT2D eigenvalue weighted by Gasteiger charge is -2.37. The molecule has 3 heterocycles. The highest BCUT2D eigenvalue weighted by Gasteiger charge is 2.50. The highest BCUT2D eigenvalue weighted by Crippen LogP contribution is 2.37. The first kappa shape index (κ1) is 20.5. The molecule has 3 aliphatic heterocycles. The van der Waals surface area contributed by atoms with Crippen LogP contribution in [0, 0.1) is 5.92 Å². The molecule has 0 radical (unpaired) electrons. The Kier molecular flexibility index (Phi) is 4.89. The normalized spacial score (nSPS) is 22.6. The van der Waals surface area contributed by atoms with E-state index in [1.54, 1.807) is 47.2 Å². The van der Waals surface area contributed by atoms with Gasteiger partial charge in [-0.25, -0.2) is 4.79 Å². The quantitative estimate of drug-likeness (QED) is 0.772. The third-order valence-electron chi connectivity index (χ3n) is 6.38. The van der Waals surface area contributed by atoms with Gasteiger partial charge in [0, 0.05) is 42.3 Å². The predicted molar refractivity (Wildman–Crippen MR) is 120 cm³/mol. The van der Waals surface area contributed by atoms with Gasteiger partial charge in [-0.15, -0.1) is 0 Å². The van der Waals surface area contributed by atoms with E-state index in [1.165, 1.54) is 5.01 Å². The summed E-state index contributed by atoms with van der Waals surface area (Å²) in [5.74, 6) is -1.97. The lowest BCUT2D eigenvalue weighted by Crippen LogP contribution is -2.54. The van der Waals surface area contributed by atoms with Crippen molar-refractivity contribution in [3.05, 3.63) is 58.6 Å². The zero-order valence-corrected chi connectivity index (χ0v) is 18.1. The molecule has 1 N–H and O–H groups in total. The van der Waals surface area contributed by atoms with E-state index in [0.717, 1.165) is 12.0 Å². The topological polar surface area (TPSA) is 93.5 Å². The zero-order chi connectivity index (χ0) is 22.6. The summed E-state index contributed by atoms with van der Waals surface area (Å²) in [5, 5.41) is 15.9. The van der Waals surface area contributed by atoms with Crippen molar-refractivity contribution < 1.29 is 19.5 Å². The second kappa shape index (κ2) is 7.63. The van der Waals surface area contributed by atoms with Gasteiger partial charge >= 0.3 is 5.97 Å². The van der Waals surface area contributed by atoms with Gasteiger partial charge in [0.15, 0.2) is 5.71 Å². The lowest BCUT2D eigenvalue weighted by molar-refractivity contribution is -0.129. The minimum Gasteiger partial charge on any atom is -0.477 e. The maximum atomic E-state index is 13.6. The number of hydrogen-bond donors (Lipinski definition) is 1. The molecule has 8 nitrogen and oxygen atoms in total. The highest BCUT2D eigenvalue weighted by atomic mass is 35.5. The molecule has 2 amide bonds. The van der Waals surface area contributed by atoms with Gasteiger partial charge < -0.3 is 14.9 Å². The smallest absolute Gasteiger partial charge is 0.352 e. The number of fused-ring (bicyclic) bond motifs is 2. The van der Waals surface area contributed by atoms with Crippen LogP contribution in [0.4, 0.5) is 11.4 Å². The fourth-order valence-corrected chi connectivity index (χ4v) is 4.91. The van der Waals surface area contributed by atoms with E-state index >= 15 is 0 Å². The van der Waals surface area contributed by atoms with Crippen LogP contribution in [0.2, 0.25) is 5.02 Å². The predicted octanol–water partition coefficient (Wildman–Crippen LogP) is 2.65. The maximum absolute atomic E-state index is 13.6. The minimum absolute atomic E-state index is 0.0229. The number of piperidine rings is 1. The van der Waals surface area contributed by atoms with Crippen molar-refractivity contribution in [1.29, 1.82) is 0 Å². The van der Waals surface area contributed by atoms with Crippen LogP contribution in [0.1, 0.15) is 22.3 Å². The number of hydrogen-bond acceptors (Lipinski definition) is 5. The third-order valence-corrected chi connectivity index (χ3v) is 6.62. The van der Waals surface area contributed by atoms with Crippen LogP contribution in [0.3, 0.4) is 0 Å². The fraction of sp³-hybridized carbons (Fsp3) is 0.304. The number of carboxylic acids is 1. The molecule has 2 aromatic carbocycles. The number of rotatable bonds is 3. The molecule has 3 aliphatic rings. The lowest BCUT2D eigenvalue weighted by atomic mass is 9.87. The minimum atomic E-state index is -1.13. The monoisotopic (exact) mass is 452 g/mol. The molecule has 2 aromatic rings. The summed E-state index contributed by atoms with van der Waals surface area (Å²) < 4.78 is 0. The summed E-state index contributed by atoms with van der Waals surface area (Å²) in [6, 6.07) is 11.6. The van der Waals surface area contributed by atoms with Gasteiger partial charge in [0.1, 0.15) is 6.04 Å². The summed E-state index contributed by atoms with van der Waals surface area (Å²) in [6.45, 7) is 1.01. The van der Waals surface area contributed by atoms with Gasteiger partial charge in [0.2, 0.25) is 0 Å². The van der Waals surface area contributed by atoms with Crippen molar-refractivity contribution in [2.45, 2.75) is 18.9 Å². The Bertz CT molecular complexity index is 1180. The zero-order valence-electron chi connectivity index (χ0n) is 17.4. The maximum Gasteiger partial charge on any atom is 0.352 e. The summed E-state index contributed by atoms with van der Waals surface area (Å²) in [4.78, 5) is 41.4. The number of carbonyl (C=O) groups is 3. The van der Waals surface area contributed by atoms with Crippen LogP contribution in [0.25, 0.3) is 0 Å². The molecule has 9 heteroatoms. The van der Waals surface area contributed by atoms with Crippen LogP contribution in [0.15, 0.2) is 47.6 Å². The molecule has 0 bridgehead atoms. The molecule has 0 saturated carbocycles. The van der Waals surface area contributed by atoms with Gasteiger partial charge in [-0.05, 0) is 48.7 Å². The number of carbonyl (C=O) groups excluding carboxylic acids is 2. The van der Waals surface area contributed by atoms with Gasteiger partial charge in [-0.2, -0.15) is 5.10 Å². The standard InChI is InChI=1S/C23H21ClN4O4/c1-26-9-7-13-5-6-15(12-18(13)21(26)29)27-10-8-17-19(23(31)32)25-28(20(17)22(27)30)16-4-2-3-14(24)11-16/h2-6,11-12,17,20H,7-10H2,1H3,(H,31,32). The van der Waals surface area contributed by atoms with E-state index in [2.05, 4.69) is 5.10 Å². The van der Waals surface area contributed by atoms with Crippen LogP contribution >= 0.6 is 11.6 Å². The van der Waals surface area contributed by atoms with Crippen LogP contribution in [0.5, 0.6) is 0 Å². The van der Waals surface area contributed by atoms with Crippen molar-refractivity contribution in [2.24, 2.45) is 11.0 Å². The summed E-state index contributed by atoms with van der Waals surface area (Å²) in [6.07, 6.45) is 1.22. The first-order valence-electron chi connectivity index (χ1n) is 10.4. The molecule has 0 aliphatic carbocycles. The molecule has 2 unspecified atom stereocenters. The molecular formula is C23H21ClN4O4. The average molecular weight is 453 g/mol. The van der Waals surface area contributed by atoms with Gasteiger partial charge in [-0.3, -0.25) is 14.6 Å². The van der Waals surface area contributed by atoms with E-state index in [4.69, 9.17) is 11.6 Å². The second-order valence-corrected chi connectivity index (χ2v) is 8.70. The van der Waals surface area contributed by atoms with Crippen LogP contribution in [-0.2, 0) is 16.0 Å². The molecule has 5 rings (SSSR count). The largest absolute Gasteiger partial charge is 0.477 e. The molecular weight excluding hydrogens is 432 g/mol. The Morgan fingerprint density at radius 2 is 1.94 bits per heavy atom. The number of hydrazone groups is 1. The van der Waals surface area contributed by atoms with E-state index in [-0.39, 0.29) is 17.5 Å². The molecule has 0 spiro atoms. The molecule has 0 aromatic heterocycles. The van der Waals surface area contributed by atoms with Crippen LogP contribution < -0.4 is 9.91 Å². The number of anilines is 2. The van der Waals surface area contributed by atoms with E-state index < -0.39 is 17.9 Å². The number of nitrogens with zero attached hydrogens (tertiary/aromatic N) is 4. The van der Waals surface area contributed by atoms with Crippen molar-refractivity contribution in [2.75, 3.05) is 30.0 Å². The fourth-order valence-electron chi connectivity index (χ4n) is 4.72. The molecule has 164 valence electrons.